The molecular formula is C25H26N2O5S. The highest BCUT2D eigenvalue weighted by atomic mass is 32.2. The molecule has 7 nitrogen and oxygen atoms in total. The Morgan fingerprint density at radius 1 is 0.909 bits per heavy atom. The van der Waals surface area contributed by atoms with Crippen molar-refractivity contribution in [2.75, 3.05) is 16.6 Å². The molecule has 0 radical (unpaired) electrons. The van der Waals surface area contributed by atoms with Gasteiger partial charge in [0.1, 0.15) is 0 Å². The Morgan fingerprint density at radius 2 is 1.55 bits per heavy atom. The third-order valence-electron chi connectivity index (χ3n) is 5.14. The molecule has 33 heavy (non-hydrogen) atoms. The monoisotopic (exact) mass is 466 g/mol. The van der Waals surface area contributed by atoms with Crippen LogP contribution in [-0.4, -0.2) is 26.9 Å². The quantitative estimate of drug-likeness (QED) is 0.441. The average molecular weight is 467 g/mol. The van der Waals surface area contributed by atoms with E-state index in [9.17, 15) is 18.0 Å². The second-order valence-electron chi connectivity index (χ2n) is 7.52. The molecule has 8 heteroatoms. The molecule has 0 aliphatic rings. The van der Waals surface area contributed by atoms with E-state index in [1.54, 1.807) is 30.3 Å². The molecule has 0 aromatic heterocycles. The molecule has 0 unspecified atom stereocenters. The molecule has 0 aliphatic heterocycles. The molecule has 0 spiro atoms. The maximum absolute atomic E-state index is 12.5. The molecule has 1 atom stereocenters. The summed E-state index contributed by atoms with van der Waals surface area (Å²) in [5.41, 5.74) is 2.28. The molecule has 0 bridgehead atoms. The molecule has 2 N–H and O–H groups in total. The molecule has 0 heterocycles. The van der Waals surface area contributed by atoms with Gasteiger partial charge in [0.25, 0.3) is 15.9 Å². The summed E-state index contributed by atoms with van der Waals surface area (Å²) in [6, 6.07) is 21.3. The predicted octanol–water partition coefficient (Wildman–Crippen LogP) is 4.80. The molecule has 0 fully saturated rings. The number of ether oxygens (including phenoxy) is 1. The summed E-state index contributed by atoms with van der Waals surface area (Å²) in [6.07, 6.45) is 0.925. The largest absolute Gasteiger partial charge is 0.452 e. The smallest absolute Gasteiger partial charge is 0.338 e. The van der Waals surface area contributed by atoms with Gasteiger partial charge < -0.3 is 10.1 Å². The number of carbonyl (C=O) groups is 2. The van der Waals surface area contributed by atoms with Gasteiger partial charge in [-0.2, -0.15) is 0 Å². The highest BCUT2D eigenvalue weighted by Gasteiger charge is 2.17. The number of hydrogen-bond donors (Lipinski definition) is 2. The third kappa shape index (κ3) is 6.43. The first kappa shape index (κ1) is 24.0. The fourth-order valence-electron chi connectivity index (χ4n) is 3.15. The van der Waals surface area contributed by atoms with Crippen molar-refractivity contribution in [3.63, 3.8) is 0 Å². The lowest BCUT2D eigenvalue weighted by atomic mass is 9.97. The highest BCUT2D eigenvalue weighted by Crippen LogP contribution is 2.26. The van der Waals surface area contributed by atoms with E-state index in [2.05, 4.69) is 23.9 Å². The van der Waals surface area contributed by atoms with Crippen molar-refractivity contribution >= 4 is 33.3 Å². The number of amides is 1. The summed E-state index contributed by atoms with van der Waals surface area (Å²) >= 11 is 0. The van der Waals surface area contributed by atoms with Crippen molar-refractivity contribution in [3.05, 3.63) is 90.0 Å². The lowest BCUT2D eigenvalue weighted by Crippen LogP contribution is -2.22. The number of esters is 1. The number of carbonyl (C=O) groups excluding carboxylic acids is 2. The molecular weight excluding hydrogens is 440 g/mol. The molecule has 3 aromatic carbocycles. The summed E-state index contributed by atoms with van der Waals surface area (Å²) in [6.45, 7) is 3.69. The van der Waals surface area contributed by atoms with Crippen molar-refractivity contribution in [1.29, 1.82) is 0 Å². The first-order valence-corrected chi connectivity index (χ1v) is 12.0. The zero-order valence-electron chi connectivity index (χ0n) is 18.4. The van der Waals surface area contributed by atoms with Gasteiger partial charge in [-0.3, -0.25) is 9.52 Å². The molecule has 3 aromatic rings. The highest BCUT2D eigenvalue weighted by molar-refractivity contribution is 7.92. The minimum absolute atomic E-state index is 0.00213. The normalized spacial score (nSPS) is 11.9. The summed E-state index contributed by atoms with van der Waals surface area (Å²) in [7, 11) is -3.80. The van der Waals surface area contributed by atoms with E-state index in [-0.39, 0.29) is 16.4 Å². The van der Waals surface area contributed by atoms with Gasteiger partial charge in [-0.15, -0.1) is 0 Å². The Balaban J connectivity index is 1.58. The van der Waals surface area contributed by atoms with Crippen molar-refractivity contribution in [3.8, 4) is 0 Å². The maximum atomic E-state index is 12.5. The summed E-state index contributed by atoms with van der Waals surface area (Å²) in [5, 5.41) is 2.78. The summed E-state index contributed by atoms with van der Waals surface area (Å²) < 4.78 is 32.5. The van der Waals surface area contributed by atoms with Gasteiger partial charge in [0.05, 0.1) is 10.5 Å². The van der Waals surface area contributed by atoms with E-state index in [0.717, 1.165) is 12.0 Å². The number of para-hydroxylation sites is 2. The summed E-state index contributed by atoms with van der Waals surface area (Å²) in [5.74, 6) is -0.902. The number of anilines is 2. The van der Waals surface area contributed by atoms with Crippen LogP contribution in [0.5, 0.6) is 0 Å². The third-order valence-corrected chi connectivity index (χ3v) is 6.54. The van der Waals surface area contributed by atoms with Crippen LogP contribution < -0.4 is 10.0 Å². The number of benzene rings is 3. The minimum Gasteiger partial charge on any atom is -0.452 e. The number of rotatable bonds is 9. The zero-order chi connectivity index (χ0) is 23.8. The first-order valence-electron chi connectivity index (χ1n) is 10.5. The van der Waals surface area contributed by atoms with Gasteiger partial charge in [0, 0.05) is 11.4 Å². The standard InChI is InChI=1S/C25H26N2O5S/c1-3-18(2)22-11-7-8-12-23(22)26-24(28)17-32-25(29)19-13-15-21(16-14-19)33(30,31)27-20-9-5-4-6-10-20/h4-16,18,27H,3,17H2,1-2H3,(H,26,28)/t18-/m0/s1. The van der Waals surface area contributed by atoms with Crippen LogP contribution in [0.2, 0.25) is 0 Å². The molecule has 0 saturated carbocycles. The van der Waals surface area contributed by atoms with Crippen molar-refractivity contribution in [2.24, 2.45) is 0 Å². The van der Waals surface area contributed by atoms with E-state index >= 15 is 0 Å². The molecule has 172 valence electrons. The fourth-order valence-corrected chi connectivity index (χ4v) is 4.21. The maximum Gasteiger partial charge on any atom is 0.338 e. The Morgan fingerprint density at radius 3 is 2.21 bits per heavy atom. The van der Waals surface area contributed by atoms with Crippen LogP contribution in [0.25, 0.3) is 0 Å². The van der Waals surface area contributed by atoms with Gasteiger partial charge in [-0.1, -0.05) is 50.2 Å². The number of hydrogen-bond acceptors (Lipinski definition) is 5. The first-order chi connectivity index (χ1) is 15.8. The van der Waals surface area contributed by atoms with Gasteiger partial charge in [-0.05, 0) is 60.4 Å². The Bertz CT molecular complexity index is 1210. The fraction of sp³-hybridized carbons (Fsp3) is 0.200. The zero-order valence-corrected chi connectivity index (χ0v) is 19.3. The molecule has 1 amide bonds. The van der Waals surface area contributed by atoms with Crippen LogP contribution in [0, 0.1) is 0 Å². The van der Waals surface area contributed by atoms with E-state index in [4.69, 9.17) is 4.74 Å². The van der Waals surface area contributed by atoms with Gasteiger partial charge in [0.15, 0.2) is 6.61 Å². The molecule has 0 aliphatic carbocycles. The minimum atomic E-state index is -3.80. The summed E-state index contributed by atoms with van der Waals surface area (Å²) in [4.78, 5) is 24.6. The Labute approximate surface area is 193 Å². The predicted molar refractivity (Wildman–Crippen MR) is 128 cm³/mol. The van der Waals surface area contributed by atoms with Crippen LogP contribution in [0.1, 0.15) is 42.1 Å². The van der Waals surface area contributed by atoms with Gasteiger partial charge >= 0.3 is 5.97 Å². The lowest BCUT2D eigenvalue weighted by Gasteiger charge is -2.15. The van der Waals surface area contributed by atoms with Crippen LogP contribution in [-0.2, 0) is 19.6 Å². The second-order valence-corrected chi connectivity index (χ2v) is 9.20. The van der Waals surface area contributed by atoms with Crippen LogP contribution in [0.15, 0.2) is 83.8 Å². The molecule has 0 saturated heterocycles. The van der Waals surface area contributed by atoms with E-state index < -0.39 is 28.5 Å². The molecule has 3 rings (SSSR count). The van der Waals surface area contributed by atoms with Gasteiger partial charge in [0.2, 0.25) is 0 Å². The van der Waals surface area contributed by atoms with Crippen molar-refractivity contribution in [2.45, 2.75) is 31.1 Å². The van der Waals surface area contributed by atoms with Crippen molar-refractivity contribution < 1.29 is 22.7 Å². The van der Waals surface area contributed by atoms with Crippen LogP contribution in [0.3, 0.4) is 0 Å². The lowest BCUT2D eigenvalue weighted by molar-refractivity contribution is -0.119. The van der Waals surface area contributed by atoms with E-state index in [1.807, 2.05) is 24.3 Å². The SMILES string of the molecule is CC[C@H](C)c1ccccc1NC(=O)COC(=O)c1ccc(S(=O)(=O)Nc2ccccc2)cc1. The van der Waals surface area contributed by atoms with Gasteiger partial charge in [-0.25, -0.2) is 13.2 Å². The van der Waals surface area contributed by atoms with E-state index in [1.165, 1.54) is 24.3 Å². The van der Waals surface area contributed by atoms with Crippen molar-refractivity contribution in [1.82, 2.24) is 0 Å². The second kappa shape index (κ2) is 10.8. The Kier molecular flexibility index (Phi) is 7.84. The average Bonchev–Trinajstić information content (AvgIpc) is 2.83. The van der Waals surface area contributed by atoms with Crippen LogP contribution >= 0.6 is 0 Å². The number of nitrogens with one attached hydrogen (secondary N) is 2. The van der Waals surface area contributed by atoms with Crippen LogP contribution in [0.4, 0.5) is 11.4 Å². The Hall–Kier alpha value is -3.65. The van der Waals surface area contributed by atoms with E-state index in [0.29, 0.717) is 11.4 Å². The topological polar surface area (TPSA) is 102 Å². The number of sulfonamides is 1.